The molecule has 5 heteroatoms. The van der Waals surface area contributed by atoms with E-state index in [2.05, 4.69) is 4.90 Å². The van der Waals surface area contributed by atoms with Crippen LogP contribution < -0.4 is 11.5 Å². The molecule has 0 amide bonds. The molecule has 0 saturated heterocycles. The third-order valence-corrected chi connectivity index (χ3v) is 4.40. The highest BCUT2D eigenvalue weighted by Crippen LogP contribution is 2.36. The van der Waals surface area contributed by atoms with Gasteiger partial charge in [-0.1, -0.05) is 24.3 Å². The second-order valence-electron chi connectivity index (χ2n) is 6.39. The maximum absolute atomic E-state index is 13.0. The number of rotatable bonds is 4. The highest BCUT2D eigenvalue weighted by molar-refractivity contribution is 6.31. The maximum Gasteiger partial charge on any atom is 0.196 e. The minimum absolute atomic E-state index is 0.168. The number of fused-ring (bicyclic) bond motifs is 2. The molecule has 1 aliphatic rings. The average Bonchev–Trinajstić information content (AvgIpc) is 2.54. The fraction of sp³-hybridized carbons (Fsp3) is 0.263. The molecule has 24 heavy (non-hydrogen) atoms. The Morgan fingerprint density at radius 2 is 1.50 bits per heavy atom. The zero-order chi connectivity index (χ0) is 17.4. The summed E-state index contributed by atoms with van der Waals surface area (Å²) in [5.74, 6) is -0.370. The van der Waals surface area contributed by atoms with E-state index < -0.39 is 0 Å². The van der Waals surface area contributed by atoms with E-state index in [1.165, 1.54) is 0 Å². The summed E-state index contributed by atoms with van der Waals surface area (Å²) in [5, 5.41) is 0. The van der Waals surface area contributed by atoms with Crippen LogP contribution in [0.5, 0.6) is 0 Å². The monoisotopic (exact) mass is 323 g/mol. The van der Waals surface area contributed by atoms with Crippen LogP contribution in [0.15, 0.2) is 30.3 Å². The first-order chi connectivity index (χ1) is 11.4. The van der Waals surface area contributed by atoms with Crippen LogP contribution in [0.4, 0.5) is 11.4 Å². The fourth-order valence-electron chi connectivity index (χ4n) is 3.25. The van der Waals surface area contributed by atoms with Gasteiger partial charge in [0.05, 0.1) is 5.56 Å². The molecule has 124 valence electrons. The van der Waals surface area contributed by atoms with Crippen LogP contribution >= 0.6 is 0 Å². The van der Waals surface area contributed by atoms with E-state index in [0.29, 0.717) is 34.4 Å². The zero-order valence-electron chi connectivity index (χ0n) is 13.9. The summed E-state index contributed by atoms with van der Waals surface area (Å²) in [7, 11) is 3.99. The Balaban J connectivity index is 2.14. The quantitative estimate of drug-likeness (QED) is 0.718. The van der Waals surface area contributed by atoms with Gasteiger partial charge in [0, 0.05) is 28.1 Å². The predicted octanol–water partition coefficient (Wildman–Crippen LogP) is 2.12. The Labute approximate surface area is 141 Å². The Kier molecular flexibility index (Phi) is 4.11. The standard InChI is InChI=1S/C19H21N3O2/c1-22(2)9-5-8-13-14(20)10-15(21)17-16(13)18(23)11-6-3-4-7-12(11)19(17)24/h3-4,6-7,10H,5,8-9,20-21H2,1-2H3. The number of nitrogen functional groups attached to an aromatic ring is 2. The lowest BCUT2D eigenvalue weighted by atomic mass is 9.79. The molecule has 0 saturated carbocycles. The average molecular weight is 323 g/mol. The molecule has 0 aliphatic heterocycles. The molecule has 2 aromatic carbocycles. The Morgan fingerprint density at radius 3 is 2.08 bits per heavy atom. The lowest BCUT2D eigenvalue weighted by Gasteiger charge is -2.23. The third-order valence-electron chi connectivity index (χ3n) is 4.40. The summed E-state index contributed by atoms with van der Waals surface area (Å²) in [5.41, 5.74) is 15.2. The van der Waals surface area contributed by atoms with Gasteiger partial charge in [0.1, 0.15) is 0 Å². The molecule has 0 spiro atoms. The van der Waals surface area contributed by atoms with Gasteiger partial charge >= 0.3 is 0 Å². The predicted molar refractivity (Wildman–Crippen MR) is 95.4 cm³/mol. The highest BCUT2D eigenvalue weighted by Gasteiger charge is 2.33. The minimum Gasteiger partial charge on any atom is -0.398 e. The first-order valence-corrected chi connectivity index (χ1v) is 7.95. The van der Waals surface area contributed by atoms with Crippen LogP contribution in [-0.4, -0.2) is 37.1 Å². The van der Waals surface area contributed by atoms with Crippen LogP contribution in [0.3, 0.4) is 0 Å². The van der Waals surface area contributed by atoms with Crippen molar-refractivity contribution < 1.29 is 9.59 Å². The summed E-state index contributed by atoms with van der Waals surface area (Å²) < 4.78 is 0. The number of ketones is 2. The van der Waals surface area contributed by atoms with E-state index in [9.17, 15) is 9.59 Å². The van der Waals surface area contributed by atoms with Gasteiger partial charge in [-0.05, 0) is 45.1 Å². The van der Waals surface area contributed by atoms with Crippen molar-refractivity contribution in [2.24, 2.45) is 0 Å². The molecule has 0 heterocycles. The van der Waals surface area contributed by atoms with Crippen molar-refractivity contribution >= 4 is 22.9 Å². The lowest BCUT2D eigenvalue weighted by Crippen LogP contribution is -2.25. The SMILES string of the molecule is CN(C)CCCc1c(N)cc(N)c2c1C(=O)c1ccccc1C2=O. The van der Waals surface area contributed by atoms with E-state index >= 15 is 0 Å². The zero-order valence-corrected chi connectivity index (χ0v) is 13.9. The molecule has 4 N–H and O–H groups in total. The molecule has 2 aromatic rings. The van der Waals surface area contributed by atoms with Crippen LogP contribution in [-0.2, 0) is 6.42 Å². The Bertz CT molecular complexity index is 841. The van der Waals surface area contributed by atoms with Gasteiger partial charge in [-0.2, -0.15) is 0 Å². The lowest BCUT2D eigenvalue weighted by molar-refractivity contribution is 0.0979. The van der Waals surface area contributed by atoms with Gasteiger partial charge in [-0.15, -0.1) is 0 Å². The van der Waals surface area contributed by atoms with E-state index in [0.717, 1.165) is 18.5 Å². The summed E-state index contributed by atoms with van der Waals surface area (Å²) in [6, 6.07) is 8.46. The molecule has 0 atom stereocenters. The molecule has 0 aromatic heterocycles. The van der Waals surface area contributed by atoms with Crippen molar-refractivity contribution in [1.29, 1.82) is 0 Å². The number of carbonyl (C=O) groups is 2. The highest BCUT2D eigenvalue weighted by atomic mass is 16.1. The fourth-order valence-corrected chi connectivity index (χ4v) is 3.25. The summed E-state index contributed by atoms with van der Waals surface area (Å²) >= 11 is 0. The van der Waals surface area contributed by atoms with Gasteiger partial charge in [0.2, 0.25) is 0 Å². The maximum atomic E-state index is 13.0. The van der Waals surface area contributed by atoms with Gasteiger partial charge in [0.25, 0.3) is 0 Å². The summed E-state index contributed by atoms with van der Waals surface area (Å²) in [6.45, 7) is 0.872. The van der Waals surface area contributed by atoms with Crippen LogP contribution in [0.1, 0.15) is 43.8 Å². The van der Waals surface area contributed by atoms with Crippen molar-refractivity contribution in [2.75, 3.05) is 32.1 Å². The molecule has 0 radical (unpaired) electrons. The molecular formula is C19H21N3O2. The van der Waals surface area contributed by atoms with Crippen molar-refractivity contribution in [1.82, 2.24) is 4.90 Å². The molecule has 0 unspecified atom stereocenters. The normalized spacial score (nSPS) is 13.1. The smallest absolute Gasteiger partial charge is 0.196 e. The second-order valence-corrected chi connectivity index (χ2v) is 6.39. The van der Waals surface area contributed by atoms with Crippen LogP contribution in [0.2, 0.25) is 0 Å². The molecule has 1 aliphatic carbocycles. The molecule has 0 bridgehead atoms. The Hall–Kier alpha value is -2.66. The summed E-state index contributed by atoms with van der Waals surface area (Å²) in [4.78, 5) is 27.9. The van der Waals surface area contributed by atoms with Crippen LogP contribution in [0, 0.1) is 0 Å². The largest absolute Gasteiger partial charge is 0.398 e. The van der Waals surface area contributed by atoms with Gasteiger partial charge in [0.15, 0.2) is 11.6 Å². The number of nitrogens with two attached hydrogens (primary N) is 2. The number of benzene rings is 2. The van der Waals surface area contributed by atoms with E-state index in [4.69, 9.17) is 11.5 Å². The molecule has 0 fully saturated rings. The molecule has 5 nitrogen and oxygen atoms in total. The molecular weight excluding hydrogens is 302 g/mol. The van der Waals surface area contributed by atoms with Crippen molar-refractivity contribution in [3.63, 3.8) is 0 Å². The topological polar surface area (TPSA) is 89.4 Å². The molecule has 3 rings (SSSR count). The first-order valence-electron chi connectivity index (χ1n) is 7.95. The number of hydrogen-bond donors (Lipinski definition) is 2. The Morgan fingerprint density at radius 1 is 0.917 bits per heavy atom. The van der Waals surface area contributed by atoms with E-state index in [-0.39, 0.29) is 17.3 Å². The second kappa shape index (κ2) is 6.09. The number of hydrogen-bond acceptors (Lipinski definition) is 5. The van der Waals surface area contributed by atoms with Gasteiger partial charge in [-0.25, -0.2) is 0 Å². The number of nitrogens with zero attached hydrogens (tertiary/aromatic N) is 1. The van der Waals surface area contributed by atoms with Gasteiger partial charge in [-0.3, -0.25) is 9.59 Å². The number of anilines is 2. The van der Waals surface area contributed by atoms with Gasteiger partial charge < -0.3 is 16.4 Å². The minimum atomic E-state index is -0.202. The van der Waals surface area contributed by atoms with E-state index in [1.54, 1.807) is 30.3 Å². The van der Waals surface area contributed by atoms with Crippen molar-refractivity contribution in [3.8, 4) is 0 Å². The number of carbonyl (C=O) groups excluding carboxylic acids is 2. The van der Waals surface area contributed by atoms with E-state index in [1.807, 2.05) is 14.1 Å². The third kappa shape index (κ3) is 2.57. The summed E-state index contributed by atoms with van der Waals surface area (Å²) in [6.07, 6.45) is 1.48. The van der Waals surface area contributed by atoms with Crippen molar-refractivity contribution in [2.45, 2.75) is 12.8 Å². The van der Waals surface area contributed by atoms with Crippen LogP contribution in [0.25, 0.3) is 0 Å². The van der Waals surface area contributed by atoms with Crippen molar-refractivity contribution in [3.05, 3.63) is 58.1 Å². The first kappa shape index (κ1) is 16.2.